The van der Waals surface area contributed by atoms with Crippen molar-refractivity contribution in [3.05, 3.63) is 70.0 Å². The van der Waals surface area contributed by atoms with E-state index in [-0.39, 0.29) is 18.2 Å². The minimum absolute atomic E-state index is 0.0330. The van der Waals surface area contributed by atoms with Gasteiger partial charge >= 0.3 is 24.4 Å². The van der Waals surface area contributed by atoms with Crippen molar-refractivity contribution >= 4 is 12.0 Å². The summed E-state index contributed by atoms with van der Waals surface area (Å²) in [5.41, 5.74) is -2.67. The van der Waals surface area contributed by atoms with Gasteiger partial charge in [0.05, 0.1) is 17.2 Å². The maximum atomic E-state index is 13.9. The number of carboxylic acid groups (broad SMARTS) is 1. The van der Waals surface area contributed by atoms with Gasteiger partial charge in [0, 0.05) is 25.7 Å². The Kier molecular flexibility index (Phi) is 8.07. The maximum Gasteiger partial charge on any atom is 0.416 e. The Balaban J connectivity index is 1.66. The van der Waals surface area contributed by atoms with Crippen LogP contribution in [0.15, 0.2) is 36.4 Å². The van der Waals surface area contributed by atoms with Crippen molar-refractivity contribution in [2.75, 3.05) is 20.6 Å². The molecule has 0 radical (unpaired) electrons. The molecule has 0 bridgehead atoms. The molecule has 2 amide bonds. The van der Waals surface area contributed by atoms with Crippen LogP contribution in [0.25, 0.3) is 0 Å². The van der Waals surface area contributed by atoms with E-state index in [9.17, 15) is 45.4 Å². The first-order valence-electron chi connectivity index (χ1n) is 12.9. The number of nitrogens with zero attached hydrogens (tertiary/aromatic N) is 3. The highest BCUT2D eigenvalue weighted by Crippen LogP contribution is 2.48. The van der Waals surface area contributed by atoms with E-state index in [0.29, 0.717) is 48.9 Å². The second kappa shape index (κ2) is 10.8. The third-order valence-electron chi connectivity index (χ3n) is 8.38. The van der Waals surface area contributed by atoms with Crippen molar-refractivity contribution in [3.8, 4) is 0 Å². The van der Waals surface area contributed by atoms with Gasteiger partial charge in [-0.2, -0.15) is 26.3 Å². The number of alkyl halides is 6. The first-order valence-corrected chi connectivity index (χ1v) is 12.9. The van der Waals surface area contributed by atoms with Gasteiger partial charge in [-0.3, -0.25) is 9.69 Å². The highest BCUT2D eigenvalue weighted by atomic mass is 19.4. The van der Waals surface area contributed by atoms with Crippen molar-refractivity contribution in [1.82, 2.24) is 14.7 Å². The minimum atomic E-state index is -5.02. The lowest BCUT2D eigenvalue weighted by atomic mass is 9.78. The van der Waals surface area contributed by atoms with Gasteiger partial charge in [-0.05, 0) is 86.7 Å². The summed E-state index contributed by atoms with van der Waals surface area (Å²) in [6.45, 7) is 1.30. The molecule has 224 valence electrons. The molecule has 0 aromatic heterocycles. The number of aliphatic carboxylic acids is 1. The van der Waals surface area contributed by atoms with Gasteiger partial charge < -0.3 is 14.9 Å². The molecule has 3 atom stereocenters. The number of aryl methyl sites for hydroxylation is 1. The molecule has 0 aliphatic carbocycles. The molecule has 2 heterocycles. The number of hydrogen-bond donors (Lipinski definition) is 1. The highest BCUT2D eigenvalue weighted by molar-refractivity contribution is 5.76. The van der Waals surface area contributed by atoms with Crippen LogP contribution < -0.4 is 0 Å². The number of likely N-dealkylation sites (tertiary alicyclic amines) is 2. The Morgan fingerprint density at radius 2 is 1.63 bits per heavy atom. The predicted molar refractivity (Wildman–Crippen MR) is 134 cm³/mol. The summed E-state index contributed by atoms with van der Waals surface area (Å²) in [5, 5.41) is 9.65. The first kappa shape index (κ1) is 30.6. The topological polar surface area (TPSA) is 64.1 Å². The molecule has 2 aromatic carbocycles. The average Bonchev–Trinajstić information content (AvgIpc) is 3.17. The van der Waals surface area contributed by atoms with Crippen LogP contribution in [0, 0.1) is 12.7 Å². The largest absolute Gasteiger partial charge is 0.480 e. The van der Waals surface area contributed by atoms with Gasteiger partial charge in [-0.15, -0.1) is 0 Å². The fourth-order valence-electron chi connectivity index (χ4n) is 6.19. The smallest absolute Gasteiger partial charge is 0.416 e. The van der Waals surface area contributed by atoms with Crippen molar-refractivity contribution in [2.24, 2.45) is 0 Å². The number of piperidine rings is 1. The van der Waals surface area contributed by atoms with Gasteiger partial charge in [0.15, 0.2) is 0 Å². The number of halogens is 7. The molecule has 1 N–H and O–H groups in total. The van der Waals surface area contributed by atoms with Crippen molar-refractivity contribution in [3.63, 3.8) is 0 Å². The summed E-state index contributed by atoms with van der Waals surface area (Å²) < 4.78 is 94.1. The molecular formula is C28H30F7N3O3. The van der Waals surface area contributed by atoms with Gasteiger partial charge in [0.25, 0.3) is 0 Å². The molecule has 2 aliphatic heterocycles. The summed E-state index contributed by atoms with van der Waals surface area (Å²) in [4.78, 5) is 29.8. The van der Waals surface area contributed by atoms with Gasteiger partial charge in [-0.1, -0.05) is 6.07 Å². The van der Waals surface area contributed by atoms with E-state index in [1.165, 1.54) is 24.1 Å². The van der Waals surface area contributed by atoms with Crippen LogP contribution in [0.4, 0.5) is 35.5 Å². The lowest BCUT2D eigenvalue weighted by molar-refractivity contribution is -0.144. The standard InChI is InChI=1S/C28H30F7N3O3/c1-16-10-20(29)4-5-21(16)23-14-26(7-6-22(24(39)40)37(26)3)8-9-38(23)25(41)36(2)15-17-11-18(27(30,31)32)13-19(12-17)28(33,34)35/h4-5,10-13,22-23H,6-9,14-15H2,1-3H3,(H,39,40)/t22?,23-,26+/m1/s1. The van der Waals surface area contributed by atoms with E-state index in [1.54, 1.807) is 24.9 Å². The Hall–Kier alpha value is -3.35. The number of carbonyl (C=O) groups excluding carboxylic acids is 1. The zero-order chi connectivity index (χ0) is 30.5. The Bertz CT molecular complexity index is 1300. The molecule has 2 saturated heterocycles. The summed E-state index contributed by atoms with van der Waals surface area (Å²) in [6, 6.07) is 3.33. The molecular weight excluding hydrogens is 559 g/mol. The third-order valence-corrected chi connectivity index (χ3v) is 8.38. The van der Waals surface area contributed by atoms with Crippen molar-refractivity contribution in [2.45, 2.75) is 69.1 Å². The number of benzene rings is 2. The van der Waals surface area contributed by atoms with Crippen LogP contribution >= 0.6 is 0 Å². The molecule has 1 unspecified atom stereocenters. The van der Waals surface area contributed by atoms with E-state index in [4.69, 9.17) is 0 Å². The predicted octanol–water partition coefficient (Wildman–Crippen LogP) is 6.48. The van der Waals surface area contributed by atoms with Crippen LogP contribution in [0.1, 0.15) is 59.5 Å². The number of urea groups is 1. The average molecular weight is 590 g/mol. The maximum absolute atomic E-state index is 13.9. The van der Waals surface area contributed by atoms with Crippen LogP contribution in [0.3, 0.4) is 0 Å². The van der Waals surface area contributed by atoms with Crippen LogP contribution in [0.2, 0.25) is 0 Å². The third kappa shape index (κ3) is 6.14. The molecule has 1 spiro atoms. The summed E-state index contributed by atoms with van der Waals surface area (Å²) in [7, 11) is 3.01. The first-order chi connectivity index (χ1) is 18.9. The monoisotopic (exact) mass is 589 g/mol. The molecule has 2 fully saturated rings. The van der Waals surface area contributed by atoms with Crippen LogP contribution in [0.5, 0.6) is 0 Å². The van der Waals surface area contributed by atoms with E-state index in [2.05, 4.69) is 0 Å². The zero-order valence-electron chi connectivity index (χ0n) is 22.6. The van der Waals surface area contributed by atoms with Crippen molar-refractivity contribution in [1.29, 1.82) is 0 Å². The van der Waals surface area contributed by atoms with E-state index >= 15 is 0 Å². The number of carboxylic acids is 1. The normalized spacial score (nSPS) is 23.7. The second-order valence-corrected chi connectivity index (χ2v) is 10.9. The lowest BCUT2D eigenvalue weighted by Crippen LogP contribution is -2.57. The van der Waals surface area contributed by atoms with E-state index < -0.39 is 65.5 Å². The quantitative estimate of drug-likeness (QED) is 0.415. The molecule has 0 saturated carbocycles. The van der Waals surface area contributed by atoms with E-state index in [0.717, 1.165) is 4.90 Å². The minimum Gasteiger partial charge on any atom is -0.480 e. The Morgan fingerprint density at radius 1 is 1.02 bits per heavy atom. The van der Waals surface area contributed by atoms with Crippen LogP contribution in [-0.2, 0) is 23.7 Å². The fourth-order valence-corrected chi connectivity index (χ4v) is 6.19. The van der Waals surface area contributed by atoms with E-state index in [1.807, 2.05) is 0 Å². The summed E-state index contributed by atoms with van der Waals surface area (Å²) >= 11 is 0. The Labute approximate surface area is 232 Å². The van der Waals surface area contributed by atoms with Crippen molar-refractivity contribution < 1.29 is 45.4 Å². The fraction of sp³-hybridized carbons (Fsp3) is 0.500. The lowest BCUT2D eigenvalue weighted by Gasteiger charge is -2.49. The Morgan fingerprint density at radius 3 is 2.15 bits per heavy atom. The number of rotatable bonds is 4. The zero-order valence-corrected chi connectivity index (χ0v) is 22.6. The number of carbonyl (C=O) groups is 2. The molecule has 41 heavy (non-hydrogen) atoms. The highest BCUT2D eigenvalue weighted by Gasteiger charge is 2.52. The summed E-state index contributed by atoms with van der Waals surface area (Å²) in [5.74, 6) is -1.45. The molecule has 4 rings (SSSR count). The SMILES string of the molecule is Cc1cc(F)ccc1[C@H]1C[C@]2(CCC(C(=O)O)N2C)CCN1C(=O)N(C)Cc1cc(C(F)(F)F)cc(C(F)(F)F)c1. The number of amides is 2. The molecule has 2 aromatic rings. The molecule has 6 nitrogen and oxygen atoms in total. The van der Waals surface area contributed by atoms with Crippen LogP contribution in [-0.4, -0.2) is 64.0 Å². The van der Waals surface area contributed by atoms with Gasteiger partial charge in [0.2, 0.25) is 0 Å². The molecule has 2 aliphatic rings. The number of likely N-dealkylation sites (N-methyl/N-ethyl adjacent to an activating group) is 1. The van der Waals surface area contributed by atoms with Gasteiger partial charge in [-0.25, -0.2) is 9.18 Å². The molecule has 13 heteroatoms. The number of hydrogen-bond acceptors (Lipinski definition) is 3. The second-order valence-electron chi connectivity index (χ2n) is 10.9. The van der Waals surface area contributed by atoms with Gasteiger partial charge in [0.1, 0.15) is 11.9 Å². The summed E-state index contributed by atoms with van der Waals surface area (Å²) in [6.07, 6.45) is -8.35.